The van der Waals surface area contributed by atoms with E-state index in [1.807, 2.05) is 19.1 Å². The van der Waals surface area contributed by atoms with Gasteiger partial charge < -0.3 is 16.0 Å². The smallest absolute Gasteiger partial charge is 0.225 e. The van der Waals surface area contributed by atoms with Crippen LogP contribution in [0.4, 0.5) is 11.4 Å². The first-order chi connectivity index (χ1) is 9.46. The van der Waals surface area contributed by atoms with Gasteiger partial charge in [0.25, 0.3) is 0 Å². The van der Waals surface area contributed by atoms with Crippen LogP contribution in [0.3, 0.4) is 0 Å². The van der Waals surface area contributed by atoms with E-state index in [4.69, 9.17) is 12.2 Å². The fraction of sp³-hybridized carbons (Fsp3) is 0.357. The number of amides is 2. The lowest BCUT2D eigenvalue weighted by atomic mass is 10.1. The normalized spacial score (nSPS) is 9.75. The summed E-state index contributed by atoms with van der Waals surface area (Å²) in [6.07, 6.45) is 0.787. The van der Waals surface area contributed by atoms with Crippen molar-refractivity contribution in [2.75, 3.05) is 10.6 Å². The van der Waals surface area contributed by atoms with Crippen LogP contribution in [-0.4, -0.2) is 16.9 Å². The Kier molecular flexibility index (Phi) is 6.11. The SMILES string of the molecule is CCC(=O)NC(=S)Nc1ccc(C)c(NC(=O)CC)c1. The molecule has 0 aliphatic rings. The first-order valence-electron chi connectivity index (χ1n) is 6.47. The van der Waals surface area contributed by atoms with Gasteiger partial charge in [0.1, 0.15) is 0 Å². The summed E-state index contributed by atoms with van der Waals surface area (Å²) in [5.74, 6) is -0.193. The van der Waals surface area contributed by atoms with Gasteiger partial charge in [-0.25, -0.2) is 0 Å². The minimum atomic E-state index is -0.144. The lowest BCUT2D eigenvalue weighted by Gasteiger charge is -2.12. The van der Waals surface area contributed by atoms with Gasteiger partial charge in [-0.1, -0.05) is 19.9 Å². The Bertz CT molecular complexity index is 529. The number of rotatable bonds is 4. The average Bonchev–Trinajstić information content (AvgIpc) is 2.42. The molecule has 5 nitrogen and oxygen atoms in total. The van der Waals surface area contributed by atoms with Crippen LogP contribution in [0, 0.1) is 6.92 Å². The first kappa shape index (κ1) is 16.1. The topological polar surface area (TPSA) is 70.2 Å². The summed E-state index contributed by atoms with van der Waals surface area (Å²) in [6, 6.07) is 5.49. The Morgan fingerprint density at radius 3 is 2.35 bits per heavy atom. The van der Waals surface area contributed by atoms with Crippen molar-refractivity contribution in [3.63, 3.8) is 0 Å². The maximum Gasteiger partial charge on any atom is 0.225 e. The number of thiocarbonyl (C=S) groups is 1. The minimum Gasteiger partial charge on any atom is -0.332 e. The van der Waals surface area contributed by atoms with Gasteiger partial charge in [-0.2, -0.15) is 0 Å². The molecule has 1 aromatic carbocycles. The third-order valence-corrected chi connectivity index (χ3v) is 2.87. The molecule has 0 aromatic heterocycles. The van der Waals surface area contributed by atoms with Crippen molar-refractivity contribution in [1.29, 1.82) is 0 Å². The number of aryl methyl sites for hydroxylation is 1. The van der Waals surface area contributed by atoms with Gasteiger partial charge in [-0.05, 0) is 36.8 Å². The van der Waals surface area contributed by atoms with E-state index < -0.39 is 0 Å². The molecule has 2 amide bonds. The van der Waals surface area contributed by atoms with E-state index in [0.29, 0.717) is 18.5 Å². The van der Waals surface area contributed by atoms with Crippen LogP contribution in [0.15, 0.2) is 18.2 Å². The molecule has 0 saturated heterocycles. The highest BCUT2D eigenvalue weighted by Gasteiger charge is 2.06. The number of carbonyl (C=O) groups is 2. The molecule has 1 aromatic rings. The molecule has 6 heteroatoms. The molecule has 20 heavy (non-hydrogen) atoms. The summed E-state index contributed by atoms with van der Waals surface area (Å²) in [5, 5.41) is 8.53. The van der Waals surface area contributed by atoms with Crippen molar-refractivity contribution in [3.05, 3.63) is 23.8 Å². The summed E-state index contributed by atoms with van der Waals surface area (Å²) in [5.41, 5.74) is 2.40. The highest BCUT2D eigenvalue weighted by atomic mass is 32.1. The van der Waals surface area contributed by atoms with Crippen LogP contribution >= 0.6 is 12.2 Å². The van der Waals surface area contributed by atoms with E-state index >= 15 is 0 Å². The van der Waals surface area contributed by atoms with Gasteiger partial charge in [0.15, 0.2) is 5.11 Å². The molecule has 108 valence electrons. The molecular formula is C14H19N3O2S. The molecular weight excluding hydrogens is 274 g/mol. The summed E-state index contributed by atoms with van der Waals surface area (Å²) < 4.78 is 0. The second-order valence-electron chi connectivity index (χ2n) is 4.29. The van der Waals surface area contributed by atoms with Crippen molar-refractivity contribution >= 4 is 40.5 Å². The maximum absolute atomic E-state index is 11.4. The molecule has 0 heterocycles. The largest absolute Gasteiger partial charge is 0.332 e. The maximum atomic E-state index is 11.4. The Hall–Kier alpha value is -1.95. The zero-order valence-corrected chi connectivity index (χ0v) is 12.7. The molecule has 0 fully saturated rings. The van der Waals surface area contributed by atoms with Gasteiger partial charge >= 0.3 is 0 Å². The second-order valence-corrected chi connectivity index (χ2v) is 4.70. The predicted octanol–water partition coefficient (Wildman–Crippen LogP) is 2.57. The van der Waals surface area contributed by atoms with E-state index in [1.165, 1.54) is 0 Å². The van der Waals surface area contributed by atoms with Gasteiger partial charge in [-0.3, -0.25) is 9.59 Å². The highest BCUT2D eigenvalue weighted by molar-refractivity contribution is 7.80. The highest BCUT2D eigenvalue weighted by Crippen LogP contribution is 2.20. The molecule has 0 spiro atoms. The van der Waals surface area contributed by atoms with Gasteiger partial charge in [0, 0.05) is 24.2 Å². The molecule has 0 atom stereocenters. The van der Waals surface area contributed by atoms with Crippen molar-refractivity contribution in [2.45, 2.75) is 33.6 Å². The zero-order valence-electron chi connectivity index (χ0n) is 11.9. The third kappa shape index (κ3) is 4.97. The van der Waals surface area contributed by atoms with Gasteiger partial charge in [0.05, 0.1) is 0 Å². The fourth-order valence-corrected chi connectivity index (χ4v) is 1.68. The zero-order chi connectivity index (χ0) is 15.1. The number of anilines is 2. The number of nitrogens with one attached hydrogen (secondary N) is 3. The number of hydrogen-bond acceptors (Lipinski definition) is 3. The molecule has 0 saturated carbocycles. The number of hydrogen-bond donors (Lipinski definition) is 3. The Labute approximate surface area is 124 Å². The van der Waals surface area contributed by atoms with Crippen LogP contribution in [0.5, 0.6) is 0 Å². The molecule has 0 bridgehead atoms. The molecule has 1 rings (SSSR count). The summed E-state index contributed by atoms with van der Waals surface area (Å²) >= 11 is 5.03. The Morgan fingerprint density at radius 2 is 1.75 bits per heavy atom. The standard InChI is InChI=1S/C14H19N3O2S/c1-4-12(18)16-11-8-10(7-6-9(11)3)15-14(20)17-13(19)5-2/h6-8H,4-5H2,1-3H3,(H,16,18)(H2,15,17,19,20). The van der Waals surface area contributed by atoms with Gasteiger partial charge in [-0.15, -0.1) is 0 Å². The third-order valence-electron chi connectivity index (χ3n) is 2.66. The molecule has 0 radical (unpaired) electrons. The van der Waals surface area contributed by atoms with Crippen LogP contribution in [0.25, 0.3) is 0 Å². The molecule has 0 aliphatic carbocycles. The van der Waals surface area contributed by atoms with Crippen LogP contribution in [0.1, 0.15) is 32.3 Å². The van der Waals surface area contributed by atoms with E-state index in [1.54, 1.807) is 19.9 Å². The van der Waals surface area contributed by atoms with Crippen LogP contribution in [-0.2, 0) is 9.59 Å². The van der Waals surface area contributed by atoms with Crippen molar-refractivity contribution in [1.82, 2.24) is 5.32 Å². The van der Waals surface area contributed by atoms with Gasteiger partial charge in [0.2, 0.25) is 11.8 Å². The molecule has 3 N–H and O–H groups in total. The average molecular weight is 293 g/mol. The minimum absolute atomic E-state index is 0.0490. The lowest BCUT2D eigenvalue weighted by Crippen LogP contribution is -2.33. The number of benzene rings is 1. The van der Waals surface area contributed by atoms with Crippen LogP contribution < -0.4 is 16.0 Å². The van der Waals surface area contributed by atoms with E-state index in [0.717, 1.165) is 11.3 Å². The fourth-order valence-electron chi connectivity index (χ4n) is 1.45. The molecule has 0 aliphatic heterocycles. The summed E-state index contributed by atoms with van der Waals surface area (Å²) in [4.78, 5) is 22.7. The molecule has 0 unspecified atom stereocenters. The quantitative estimate of drug-likeness (QED) is 0.746. The van der Waals surface area contributed by atoms with E-state index in [9.17, 15) is 9.59 Å². The summed E-state index contributed by atoms with van der Waals surface area (Å²) in [6.45, 7) is 5.45. The van der Waals surface area contributed by atoms with Crippen molar-refractivity contribution in [2.24, 2.45) is 0 Å². The summed E-state index contributed by atoms with van der Waals surface area (Å²) in [7, 11) is 0. The Balaban J connectivity index is 2.76. The van der Waals surface area contributed by atoms with E-state index in [-0.39, 0.29) is 16.9 Å². The number of carbonyl (C=O) groups excluding carboxylic acids is 2. The lowest BCUT2D eigenvalue weighted by molar-refractivity contribution is -0.119. The van der Waals surface area contributed by atoms with Crippen molar-refractivity contribution in [3.8, 4) is 0 Å². The monoisotopic (exact) mass is 293 g/mol. The first-order valence-corrected chi connectivity index (χ1v) is 6.88. The van der Waals surface area contributed by atoms with E-state index in [2.05, 4.69) is 16.0 Å². The predicted molar refractivity (Wildman–Crippen MR) is 84.8 cm³/mol. The Morgan fingerprint density at radius 1 is 1.10 bits per heavy atom. The van der Waals surface area contributed by atoms with Crippen LogP contribution in [0.2, 0.25) is 0 Å². The van der Waals surface area contributed by atoms with Crippen molar-refractivity contribution < 1.29 is 9.59 Å². The second kappa shape index (κ2) is 7.59.